The summed E-state index contributed by atoms with van der Waals surface area (Å²) in [5.74, 6) is -0.353. The van der Waals surface area contributed by atoms with Gasteiger partial charge >= 0.3 is 0 Å². The molecule has 0 spiro atoms. The van der Waals surface area contributed by atoms with Crippen LogP contribution < -0.4 is 14.9 Å². The van der Waals surface area contributed by atoms with Gasteiger partial charge in [-0.3, -0.25) is 4.79 Å². The Balaban J connectivity index is 1.63. The van der Waals surface area contributed by atoms with Crippen LogP contribution in [0, 0.1) is 12.7 Å². The Morgan fingerprint density at radius 2 is 1.82 bits per heavy atom. The van der Waals surface area contributed by atoms with Gasteiger partial charge in [0.25, 0.3) is 15.9 Å². The smallest absolute Gasteiger partial charge is 0.276 e. The number of hydrogen-bond donors (Lipinski definition) is 2. The van der Waals surface area contributed by atoms with Crippen LogP contribution in [0.3, 0.4) is 0 Å². The Morgan fingerprint density at radius 3 is 2.52 bits per heavy atom. The normalized spacial score (nSPS) is 11.7. The van der Waals surface area contributed by atoms with Crippen LogP contribution in [0.4, 0.5) is 10.1 Å². The Morgan fingerprint density at radius 1 is 1.09 bits per heavy atom. The van der Waals surface area contributed by atoms with Crippen LogP contribution in [0.2, 0.25) is 5.02 Å². The van der Waals surface area contributed by atoms with Crippen molar-refractivity contribution in [1.29, 1.82) is 0 Å². The summed E-state index contributed by atoms with van der Waals surface area (Å²) in [5.41, 5.74) is 2.26. The fourth-order valence-electron chi connectivity index (χ4n) is 2.80. The molecule has 10 heteroatoms. The largest absolute Gasteiger partial charge is 0.483 e. The van der Waals surface area contributed by atoms with E-state index in [2.05, 4.69) is 15.2 Å². The molecule has 0 aromatic heterocycles. The highest BCUT2D eigenvalue weighted by molar-refractivity contribution is 7.89. The lowest BCUT2D eigenvalue weighted by molar-refractivity contribution is -0.118. The van der Waals surface area contributed by atoms with E-state index in [9.17, 15) is 17.6 Å². The van der Waals surface area contributed by atoms with Crippen molar-refractivity contribution in [2.45, 2.75) is 18.7 Å². The molecule has 0 aliphatic rings. The molecule has 0 unspecified atom stereocenters. The molecule has 2 N–H and O–H groups in total. The Bertz CT molecular complexity index is 1300. The lowest BCUT2D eigenvalue weighted by Gasteiger charge is -2.11. The molecule has 0 radical (unpaired) electrons. The second-order valence-corrected chi connectivity index (χ2v) is 9.17. The minimum atomic E-state index is -3.95. The first-order valence-electron chi connectivity index (χ1n) is 9.75. The van der Waals surface area contributed by atoms with Gasteiger partial charge in [-0.1, -0.05) is 23.7 Å². The number of hydrogen-bond acceptors (Lipinski definition) is 5. The van der Waals surface area contributed by atoms with Crippen LogP contribution in [-0.4, -0.2) is 26.6 Å². The van der Waals surface area contributed by atoms with Crippen LogP contribution in [0.5, 0.6) is 5.75 Å². The molecule has 0 saturated heterocycles. The molecule has 7 nitrogen and oxygen atoms in total. The fraction of sp³-hybridized carbons (Fsp3) is 0.130. The summed E-state index contributed by atoms with van der Waals surface area (Å²) in [4.78, 5) is 14.3. The van der Waals surface area contributed by atoms with Crippen LogP contribution >= 0.6 is 11.6 Å². The fourth-order valence-corrected chi connectivity index (χ4v) is 3.88. The summed E-state index contributed by atoms with van der Waals surface area (Å²) in [5, 5.41) is 7.22. The van der Waals surface area contributed by atoms with Crippen LogP contribution in [-0.2, 0) is 14.8 Å². The van der Waals surface area contributed by atoms with Gasteiger partial charge in [-0.15, -0.1) is 0 Å². The summed E-state index contributed by atoms with van der Waals surface area (Å²) < 4.78 is 43.2. The number of ether oxygens (including phenoxy) is 1. The van der Waals surface area contributed by atoms with Crippen molar-refractivity contribution in [3.63, 3.8) is 0 Å². The van der Waals surface area contributed by atoms with Crippen molar-refractivity contribution in [1.82, 2.24) is 4.83 Å². The topological polar surface area (TPSA) is 96.9 Å². The zero-order valence-electron chi connectivity index (χ0n) is 17.8. The number of amides is 1. The van der Waals surface area contributed by atoms with Gasteiger partial charge in [-0.2, -0.15) is 18.4 Å². The molecule has 0 aliphatic carbocycles. The SMILES string of the molecule is C/C(=N/NS(=O)(=O)c1ccc(F)cc1)c1cccc(NC(=O)COc2ccc(Cl)cc2C)c1. The molecule has 0 fully saturated rings. The van der Waals surface area contributed by atoms with Crippen molar-refractivity contribution in [2.24, 2.45) is 5.10 Å². The lowest BCUT2D eigenvalue weighted by atomic mass is 10.1. The third-order valence-electron chi connectivity index (χ3n) is 4.52. The second kappa shape index (κ2) is 10.5. The van der Waals surface area contributed by atoms with E-state index in [1.54, 1.807) is 49.4 Å². The van der Waals surface area contributed by atoms with E-state index in [4.69, 9.17) is 16.3 Å². The molecular formula is C23H21ClFN3O4S. The summed E-state index contributed by atoms with van der Waals surface area (Å²) in [6.45, 7) is 3.24. The van der Waals surface area contributed by atoms with Crippen molar-refractivity contribution < 1.29 is 22.3 Å². The third kappa shape index (κ3) is 6.77. The standard InChI is InChI=1S/C23H21ClFN3O4S/c1-15-12-18(24)6-11-22(15)32-14-23(29)26-20-5-3-4-17(13-20)16(2)27-28-33(30,31)21-9-7-19(25)8-10-21/h3-13,28H,14H2,1-2H3,(H,26,29)/b27-16-. The Kier molecular flexibility index (Phi) is 7.67. The first-order valence-corrected chi connectivity index (χ1v) is 11.6. The molecular weight excluding hydrogens is 469 g/mol. The average Bonchev–Trinajstić information content (AvgIpc) is 2.77. The second-order valence-electron chi connectivity index (χ2n) is 7.07. The molecule has 3 rings (SSSR count). The van der Waals surface area contributed by atoms with Crippen LogP contribution in [0.15, 0.2) is 76.7 Å². The van der Waals surface area contributed by atoms with Gasteiger partial charge < -0.3 is 10.1 Å². The maximum atomic E-state index is 13.0. The number of anilines is 1. The highest BCUT2D eigenvalue weighted by Gasteiger charge is 2.13. The van der Waals surface area contributed by atoms with E-state index in [0.717, 1.165) is 29.8 Å². The van der Waals surface area contributed by atoms with E-state index in [-0.39, 0.29) is 17.4 Å². The van der Waals surface area contributed by atoms with Crippen molar-refractivity contribution in [2.75, 3.05) is 11.9 Å². The molecule has 0 saturated carbocycles. The first-order chi connectivity index (χ1) is 15.6. The van der Waals surface area contributed by atoms with Crippen LogP contribution in [0.25, 0.3) is 0 Å². The maximum absolute atomic E-state index is 13.0. The van der Waals surface area contributed by atoms with E-state index < -0.39 is 15.8 Å². The summed E-state index contributed by atoms with van der Waals surface area (Å²) in [6.07, 6.45) is 0. The highest BCUT2D eigenvalue weighted by Crippen LogP contribution is 2.22. The third-order valence-corrected chi connectivity index (χ3v) is 5.98. The molecule has 3 aromatic rings. The minimum Gasteiger partial charge on any atom is -0.483 e. The number of carbonyl (C=O) groups is 1. The molecule has 172 valence electrons. The number of nitrogens with one attached hydrogen (secondary N) is 2. The predicted molar refractivity (Wildman–Crippen MR) is 126 cm³/mol. The van der Waals surface area contributed by atoms with Gasteiger partial charge in [-0.25, -0.2) is 4.39 Å². The monoisotopic (exact) mass is 489 g/mol. The van der Waals surface area contributed by atoms with E-state index >= 15 is 0 Å². The summed E-state index contributed by atoms with van der Waals surface area (Å²) in [6, 6.07) is 16.3. The Hall–Kier alpha value is -3.43. The maximum Gasteiger partial charge on any atom is 0.276 e. The van der Waals surface area contributed by atoms with Gasteiger partial charge in [-0.05, 0) is 79.6 Å². The number of nitrogens with zero attached hydrogens (tertiary/aromatic N) is 1. The van der Waals surface area contributed by atoms with Crippen LogP contribution in [0.1, 0.15) is 18.1 Å². The van der Waals surface area contributed by atoms with Gasteiger partial charge in [0.15, 0.2) is 6.61 Å². The molecule has 0 aliphatic heterocycles. The van der Waals surface area contributed by atoms with Gasteiger partial charge in [0.2, 0.25) is 0 Å². The molecule has 0 heterocycles. The number of sulfonamides is 1. The number of carbonyl (C=O) groups excluding carboxylic acids is 1. The van der Waals surface area contributed by atoms with E-state index in [1.165, 1.54) is 0 Å². The average molecular weight is 490 g/mol. The molecule has 0 atom stereocenters. The molecule has 33 heavy (non-hydrogen) atoms. The van der Waals surface area contributed by atoms with Crippen molar-refractivity contribution in [3.05, 3.63) is 88.7 Å². The number of hydrazone groups is 1. The number of benzene rings is 3. The minimum absolute atomic E-state index is 0.114. The predicted octanol–water partition coefficient (Wildman–Crippen LogP) is 4.51. The van der Waals surface area contributed by atoms with Gasteiger partial charge in [0.05, 0.1) is 10.6 Å². The summed E-state index contributed by atoms with van der Waals surface area (Å²) >= 11 is 5.92. The summed E-state index contributed by atoms with van der Waals surface area (Å²) in [7, 11) is -3.95. The van der Waals surface area contributed by atoms with E-state index in [0.29, 0.717) is 27.7 Å². The zero-order chi connectivity index (χ0) is 24.0. The highest BCUT2D eigenvalue weighted by atomic mass is 35.5. The molecule has 3 aromatic carbocycles. The van der Waals surface area contributed by atoms with E-state index in [1.807, 2.05) is 6.92 Å². The number of aryl methyl sites for hydroxylation is 1. The van der Waals surface area contributed by atoms with Gasteiger partial charge in [0.1, 0.15) is 11.6 Å². The number of rotatable bonds is 8. The molecule has 1 amide bonds. The lowest BCUT2D eigenvalue weighted by Crippen LogP contribution is -2.21. The quantitative estimate of drug-likeness (QED) is 0.359. The molecule has 0 bridgehead atoms. The first kappa shape index (κ1) is 24.2. The zero-order valence-corrected chi connectivity index (χ0v) is 19.4. The van der Waals surface area contributed by atoms with Crippen molar-refractivity contribution >= 4 is 38.9 Å². The van der Waals surface area contributed by atoms with Crippen molar-refractivity contribution in [3.8, 4) is 5.75 Å². The Labute approximate surface area is 196 Å². The number of halogens is 2. The van der Waals surface area contributed by atoms with Gasteiger partial charge in [0, 0.05) is 10.7 Å².